The smallest absolute Gasteiger partial charge is 0.295 e. The Bertz CT molecular complexity index is 999. The lowest BCUT2D eigenvalue weighted by Gasteiger charge is -2.25. The summed E-state index contributed by atoms with van der Waals surface area (Å²) in [7, 11) is 1.43. The van der Waals surface area contributed by atoms with Gasteiger partial charge in [-0.1, -0.05) is 42.3 Å². The number of amides is 1. The second-order valence-electron chi connectivity index (χ2n) is 6.87. The van der Waals surface area contributed by atoms with E-state index in [1.165, 1.54) is 12.0 Å². The molecule has 1 unspecified atom stereocenters. The molecular weight excluding hydrogens is 413 g/mol. The molecule has 152 valence electrons. The molecule has 1 aliphatic rings. The van der Waals surface area contributed by atoms with Crippen molar-refractivity contribution in [3.05, 3.63) is 68.7 Å². The van der Waals surface area contributed by atoms with E-state index in [1.54, 1.807) is 36.4 Å². The van der Waals surface area contributed by atoms with Gasteiger partial charge >= 0.3 is 0 Å². The third-order valence-electron chi connectivity index (χ3n) is 4.84. The van der Waals surface area contributed by atoms with E-state index in [0.29, 0.717) is 28.6 Å². The molecule has 7 heteroatoms. The lowest BCUT2D eigenvalue weighted by atomic mass is 9.94. The number of aryl methyl sites for hydroxylation is 1. The number of ether oxygens (including phenoxy) is 1. The maximum Gasteiger partial charge on any atom is 0.295 e. The first-order valence-electron chi connectivity index (χ1n) is 9.18. The highest BCUT2D eigenvalue weighted by molar-refractivity contribution is 6.46. The van der Waals surface area contributed by atoms with Crippen LogP contribution < -0.4 is 4.74 Å². The van der Waals surface area contributed by atoms with Gasteiger partial charge in [0.05, 0.1) is 29.3 Å². The Morgan fingerprint density at radius 3 is 2.41 bits per heavy atom. The molecule has 5 nitrogen and oxygen atoms in total. The highest BCUT2D eigenvalue weighted by Crippen LogP contribution is 2.42. The van der Waals surface area contributed by atoms with Crippen molar-refractivity contribution in [2.45, 2.75) is 26.3 Å². The molecule has 1 heterocycles. The lowest BCUT2D eigenvalue weighted by molar-refractivity contribution is -0.139. The minimum Gasteiger partial charge on any atom is -0.507 e. The van der Waals surface area contributed by atoms with E-state index >= 15 is 0 Å². The minimum atomic E-state index is -0.740. The number of hydrogen-bond acceptors (Lipinski definition) is 4. The van der Waals surface area contributed by atoms with Crippen molar-refractivity contribution in [1.82, 2.24) is 4.90 Å². The van der Waals surface area contributed by atoms with Crippen LogP contribution in [-0.4, -0.2) is 35.4 Å². The number of aliphatic hydroxyl groups excluding tert-OH is 1. The van der Waals surface area contributed by atoms with E-state index in [2.05, 4.69) is 0 Å². The molecule has 29 heavy (non-hydrogen) atoms. The van der Waals surface area contributed by atoms with Gasteiger partial charge in [0.15, 0.2) is 0 Å². The third kappa shape index (κ3) is 3.85. The monoisotopic (exact) mass is 433 g/mol. The highest BCUT2D eigenvalue weighted by atomic mass is 35.5. The predicted octanol–water partition coefficient (Wildman–Crippen LogP) is 5.14. The third-order valence-corrected chi connectivity index (χ3v) is 5.37. The van der Waals surface area contributed by atoms with Crippen molar-refractivity contribution in [3.63, 3.8) is 0 Å². The van der Waals surface area contributed by atoms with Gasteiger partial charge in [0.1, 0.15) is 11.5 Å². The Hall–Kier alpha value is -2.50. The molecular formula is C22H21Cl2NO4. The Labute approximate surface area is 179 Å². The number of ketones is 1. The lowest BCUT2D eigenvalue weighted by Crippen LogP contribution is -2.30. The number of nitrogens with zero attached hydrogens (tertiary/aromatic N) is 1. The fourth-order valence-corrected chi connectivity index (χ4v) is 4.08. The van der Waals surface area contributed by atoms with E-state index < -0.39 is 17.7 Å². The normalized spacial score (nSPS) is 18.4. The van der Waals surface area contributed by atoms with Crippen LogP contribution >= 0.6 is 23.2 Å². The summed E-state index contributed by atoms with van der Waals surface area (Å²) in [6, 6.07) is 9.51. The van der Waals surface area contributed by atoms with E-state index in [1.807, 2.05) is 13.8 Å². The van der Waals surface area contributed by atoms with Crippen LogP contribution in [0.25, 0.3) is 5.76 Å². The summed E-state index contributed by atoms with van der Waals surface area (Å²) in [5.41, 5.74) is 1.74. The van der Waals surface area contributed by atoms with E-state index in [0.717, 1.165) is 5.56 Å². The Morgan fingerprint density at radius 2 is 1.83 bits per heavy atom. The first kappa shape index (κ1) is 21.2. The van der Waals surface area contributed by atoms with Crippen molar-refractivity contribution in [3.8, 4) is 5.75 Å². The number of benzene rings is 2. The number of hydrogen-bond donors (Lipinski definition) is 1. The molecule has 1 saturated heterocycles. The number of likely N-dealkylation sites (tertiary alicyclic amines) is 1. The fourth-order valence-electron chi connectivity index (χ4n) is 3.60. The largest absolute Gasteiger partial charge is 0.507 e. The van der Waals surface area contributed by atoms with Gasteiger partial charge in [-0.3, -0.25) is 9.59 Å². The summed E-state index contributed by atoms with van der Waals surface area (Å²) >= 11 is 12.3. The molecule has 0 saturated carbocycles. The van der Waals surface area contributed by atoms with Crippen LogP contribution in [0.2, 0.25) is 10.0 Å². The van der Waals surface area contributed by atoms with Crippen molar-refractivity contribution >= 4 is 40.7 Å². The van der Waals surface area contributed by atoms with Crippen molar-refractivity contribution in [1.29, 1.82) is 0 Å². The van der Waals surface area contributed by atoms with Crippen LogP contribution in [-0.2, 0) is 9.59 Å². The van der Waals surface area contributed by atoms with Gasteiger partial charge in [0, 0.05) is 11.6 Å². The standard InChI is InChI=1S/C22H21Cl2NO4/c1-4-9-25-18(13-5-7-14(23)8-6-13)17(20(27)22(25)28)19(26)15-10-12(2)11-16(24)21(15)29-3/h5-8,10-11,18,26H,4,9H2,1-3H3/b19-17+. The van der Waals surface area contributed by atoms with Gasteiger partial charge in [0.25, 0.3) is 11.7 Å². The van der Waals surface area contributed by atoms with Crippen LogP contribution in [0.1, 0.15) is 36.1 Å². The number of carbonyl (C=O) groups is 2. The van der Waals surface area contributed by atoms with Crippen LogP contribution in [0, 0.1) is 6.92 Å². The van der Waals surface area contributed by atoms with Crippen LogP contribution in [0.15, 0.2) is 42.0 Å². The summed E-state index contributed by atoms with van der Waals surface area (Å²) in [6.07, 6.45) is 0.663. The zero-order valence-corrected chi connectivity index (χ0v) is 17.8. The summed E-state index contributed by atoms with van der Waals surface area (Å²) in [5, 5.41) is 12.0. The number of carbonyl (C=O) groups excluding carboxylic acids is 2. The first-order valence-corrected chi connectivity index (χ1v) is 9.94. The molecule has 2 aromatic rings. The summed E-state index contributed by atoms with van der Waals surface area (Å²) < 4.78 is 5.35. The average molecular weight is 434 g/mol. The molecule has 2 aromatic carbocycles. The average Bonchev–Trinajstić information content (AvgIpc) is 2.93. The van der Waals surface area contributed by atoms with Crippen LogP contribution in [0.3, 0.4) is 0 Å². The number of methoxy groups -OCH3 is 1. The first-order chi connectivity index (χ1) is 13.8. The molecule has 1 amide bonds. The van der Waals surface area contributed by atoms with Crippen molar-refractivity contribution in [2.24, 2.45) is 0 Å². The molecule has 1 aliphatic heterocycles. The SMILES string of the molecule is CCCN1C(=O)C(=O)/C(=C(/O)c2cc(C)cc(Cl)c2OC)C1c1ccc(Cl)cc1. The van der Waals surface area contributed by atoms with Gasteiger partial charge < -0.3 is 14.7 Å². The zero-order chi connectivity index (χ0) is 21.3. The molecule has 0 aromatic heterocycles. The van der Waals surface area contributed by atoms with Crippen molar-refractivity contribution < 1.29 is 19.4 Å². The second kappa shape index (κ2) is 8.47. The maximum atomic E-state index is 12.9. The predicted molar refractivity (Wildman–Crippen MR) is 113 cm³/mol. The minimum absolute atomic E-state index is 0.00531. The molecule has 1 atom stereocenters. The number of Topliss-reactive ketones (excluding diaryl/α,β-unsaturated/α-hetero) is 1. The van der Waals surface area contributed by atoms with Gasteiger partial charge in [-0.05, 0) is 48.7 Å². The van der Waals surface area contributed by atoms with Crippen molar-refractivity contribution in [2.75, 3.05) is 13.7 Å². The quantitative estimate of drug-likeness (QED) is 0.402. The molecule has 0 aliphatic carbocycles. The summed E-state index contributed by atoms with van der Waals surface area (Å²) in [6.45, 7) is 4.11. The maximum absolute atomic E-state index is 12.9. The number of rotatable bonds is 5. The zero-order valence-electron chi connectivity index (χ0n) is 16.3. The summed E-state index contributed by atoms with van der Waals surface area (Å²) in [5.74, 6) is -1.46. The van der Waals surface area contributed by atoms with Gasteiger partial charge in [-0.2, -0.15) is 0 Å². The highest BCUT2D eigenvalue weighted by Gasteiger charge is 2.46. The van der Waals surface area contributed by atoms with Gasteiger partial charge in [-0.15, -0.1) is 0 Å². The Morgan fingerprint density at radius 1 is 1.17 bits per heavy atom. The van der Waals surface area contributed by atoms with Crippen LogP contribution in [0.5, 0.6) is 5.75 Å². The van der Waals surface area contributed by atoms with Crippen LogP contribution in [0.4, 0.5) is 0 Å². The fraction of sp³-hybridized carbons (Fsp3) is 0.273. The van der Waals surface area contributed by atoms with E-state index in [9.17, 15) is 14.7 Å². The molecule has 0 bridgehead atoms. The second-order valence-corrected chi connectivity index (χ2v) is 7.72. The Kier molecular flexibility index (Phi) is 6.20. The van der Waals surface area contributed by atoms with E-state index in [-0.39, 0.29) is 22.6 Å². The molecule has 0 radical (unpaired) electrons. The number of halogens is 2. The summed E-state index contributed by atoms with van der Waals surface area (Å²) in [4.78, 5) is 27.1. The molecule has 1 fully saturated rings. The van der Waals surface area contributed by atoms with Gasteiger partial charge in [-0.25, -0.2) is 0 Å². The molecule has 0 spiro atoms. The van der Waals surface area contributed by atoms with E-state index in [4.69, 9.17) is 27.9 Å². The Balaban J connectivity index is 2.27. The topological polar surface area (TPSA) is 66.8 Å². The molecule has 3 rings (SSSR count). The molecule has 1 N–H and O–H groups in total. The van der Waals surface area contributed by atoms with Gasteiger partial charge in [0.2, 0.25) is 0 Å². The number of aliphatic hydroxyl groups is 1.